The minimum absolute atomic E-state index is 0.189. The van der Waals surface area contributed by atoms with Crippen LogP contribution in [0.5, 0.6) is 0 Å². The fourth-order valence-corrected chi connectivity index (χ4v) is 15.8. The third-order valence-corrected chi connectivity index (χ3v) is 17.4. The first-order valence-electron chi connectivity index (χ1n) is 18.8. The summed E-state index contributed by atoms with van der Waals surface area (Å²) in [4.78, 5) is 44.0. The molecule has 318 valence electrons. The molecular weight excluding hydrogens is 1140 g/mol. The minimum Gasteiger partial charge on any atom is -0.415 e. The number of rotatable bonds is 21. The number of halogens is 3. The Morgan fingerprint density at radius 3 is 1.05 bits per heavy atom. The molecule has 1 aromatic rings. The molecule has 3 amide bonds. The molecule has 1 rings (SSSR count). The first kappa shape index (κ1) is 53.9. The third-order valence-electron chi connectivity index (χ3n) is 7.28. The lowest BCUT2D eigenvalue weighted by Crippen LogP contribution is -2.56. The number of nitrogens with zero attached hydrogens (tertiary/aromatic N) is 1. The van der Waals surface area contributed by atoms with Gasteiger partial charge in [-0.05, 0) is 173 Å². The van der Waals surface area contributed by atoms with Crippen molar-refractivity contribution in [3.05, 3.63) is 21.8 Å². The van der Waals surface area contributed by atoms with Crippen LogP contribution >= 0.6 is 67.8 Å². The molecular formula is C35H70I3N3O8Si6. The zero-order valence-electron chi connectivity index (χ0n) is 36.9. The number of nitrogens with one attached hydrogen (secondary N) is 2. The van der Waals surface area contributed by atoms with Gasteiger partial charge in [-0.25, -0.2) is 0 Å². The summed E-state index contributed by atoms with van der Waals surface area (Å²) in [6.45, 7) is 40.7. The zero-order chi connectivity index (χ0) is 43.3. The molecule has 0 saturated carbocycles. The summed E-state index contributed by atoms with van der Waals surface area (Å²) in [6.07, 6.45) is -0.720. The molecule has 0 bridgehead atoms. The summed E-state index contributed by atoms with van der Waals surface area (Å²) >= 11 is 6.50. The first-order chi connectivity index (χ1) is 24.4. The average Bonchev–Trinajstić information content (AvgIpc) is 2.94. The molecule has 11 nitrogen and oxygen atoms in total. The van der Waals surface area contributed by atoms with Gasteiger partial charge in [-0.2, -0.15) is 0 Å². The van der Waals surface area contributed by atoms with E-state index in [0.717, 1.165) is 0 Å². The van der Waals surface area contributed by atoms with Crippen molar-refractivity contribution in [1.82, 2.24) is 10.6 Å². The Bertz CT molecular complexity index is 1380. The minimum atomic E-state index is -2.54. The molecule has 0 aliphatic heterocycles. The van der Waals surface area contributed by atoms with Crippen molar-refractivity contribution in [3.8, 4) is 0 Å². The molecule has 0 aromatic heterocycles. The van der Waals surface area contributed by atoms with Crippen LogP contribution in [0.25, 0.3) is 0 Å². The fourth-order valence-electron chi connectivity index (χ4n) is 4.97. The molecule has 0 fully saturated rings. The van der Waals surface area contributed by atoms with Crippen molar-refractivity contribution >= 4 is 141 Å². The van der Waals surface area contributed by atoms with Crippen molar-refractivity contribution < 1.29 is 36.5 Å². The normalized spacial score (nSPS) is 14.0. The van der Waals surface area contributed by atoms with Gasteiger partial charge >= 0.3 is 0 Å². The van der Waals surface area contributed by atoms with Crippen LogP contribution in [-0.2, 0) is 26.9 Å². The van der Waals surface area contributed by atoms with Crippen LogP contribution in [0.3, 0.4) is 0 Å². The van der Waals surface area contributed by atoms with Gasteiger partial charge in [-0.15, -0.1) is 0 Å². The molecule has 0 unspecified atom stereocenters. The maximum Gasteiger partial charge on any atom is 0.253 e. The van der Waals surface area contributed by atoms with Gasteiger partial charge in [-0.1, -0.05) is 19.6 Å². The van der Waals surface area contributed by atoms with E-state index in [4.69, 9.17) is 22.1 Å². The molecule has 1 aromatic carbocycles. The molecule has 0 spiro atoms. The lowest BCUT2D eigenvalue weighted by Gasteiger charge is -2.39. The summed E-state index contributed by atoms with van der Waals surface area (Å²) < 4.78 is 35.0. The van der Waals surface area contributed by atoms with E-state index in [1.165, 1.54) is 0 Å². The molecule has 2 N–H and O–H groups in total. The largest absolute Gasteiger partial charge is 0.415 e. The van der Waals surface area contributed by atoms with Crippen molar-refractivity contribution in [2.45, 2.75) is 143 Å². The van der Waals surface area contributed by atoms with Gasteiger partial charge in [0.2, 0.25) is 5.91 Å². The predicted molar refractivity (Wildman–Crippen MR) is 269 cm³/mol. The molecule has 0 heterocycles. The Morgan fingerprint density at radius 1 is 0.527 bits per heavy atom. The molecule has 0 aliphatic carbocycles. The second-order valence-electron chi connectivity index (χ2n) is 19.8. The second-order valence-corrected chi connectivity index (χ2v) is 50.3. The Kier molecular flexibility index (Phi) is 20.7. The average molecular weight is 1210 g/mol. The topological polar surface area (TPSA) is 125 Å². The van der Waals surface area contributed by atoms with E-state index in [-0.39, 0.29) is 17.7 Å². The lowest BCUT2D eigenvalue weighted by molar-refractivity contribution is -0.123. The Hall–Kier alpha value is 0.921. The lowest BCUT2D eigenvalue weighted by atomic mass is 10.1. The molecule has 0 aliphatic rings. The van der Waals surface area contributed by atoms with Gasteiger partial charge in [0.15, 0.2) is 49.8 Å². The Morgan fingerprint density at radius 2 is 0.818 bits per heavy atom. The zero-order valence-corrected chi connectivity index (χ0v) is 49.4. The highest BCUT2D eigenvalue weighted by atomic mass is 127. The Labute approximate surface area is 380 Å². The highest BCUT2D eigenvalue weighted by Gasteiger charge is 2.41. The maximum absolute atomic E-state index is 14.7. The Balaban J connectivity index is 4.14. The highest BCUT2D eigenvalue weighted by molar-refractivity contribution is 14.1. The number of carbonyl (C=O) groups excluding carboxylic acids is 3. The van der Waals surface area contributed by atoms with Gasteiger partial charge < -0.3 is 37.3 Å². The second kappa shape index (κ2) is 21.1. The van der Waals surface area contributed by atoms with Gasteiger partial charge in [0.1, 0.15) is 6.10 Å². The number of anilines is 1. The van der Waals surface area contributed by atoms with E-state index in [1.54, 1.807) is 6.92 Å². The van der Waals surface area contributed by atoms with Crippen LogP contribution < -0.4 is 15.2 Å². The van der Waals surface area contributed by atoms with E-state index < -0.39 is 68.0 Å². The smallest absolute Gasteiger partial charge is 0.253 e. The number of hydrogen-bond donors (Lipinski definition) is 2. The van der Waals surface area contributed by atoms with Gasteiger partial charge in [0.25, 0.3) is 11.8 Å². The monoisotopic (exact) mass is 1210 g/mol. The van der Waals surface area contributed by atoms with Crippen molar-refractivity contribution in [1.29, 1.82) is 0 Å². The molecule has 1 atom stereocenters. The van der Waals surface area contributed by atoms with Crippen LogP contribution in [0.4, 0.5) is 5.69 Å². The molecule has 0 radical (unpaired) electrons. The predicted octanol–water partition coefficient (Wildman–Crippen LogP) is 9.51. The van der Waals surface area contributed by atoms with Gasteiger partial charge in [0, 0.05) is 3.57 Å². The number of carbonyl (C=O) groups is 3. The third kappa shape index (κ3) is 19.9. The summed E-state index contributed by atoms with van der Waals surface area (Å²) in [7, 11) is -12.4. The van der Waals surface area contributed by atoms with Gasteiger partial charge in [-0.3, -0.25) is 14.4 Å². The van der Waals surface area contributed by atoms with Crippen LogP contribution in [-0.4, -0.2) is 112 Å². The van der Waals surface area contributed by atoms with Gasteiger partial charge in [0.05, 0.1) is 62.5 Å². The van der Waals surface area contributed by atoms with Crippen LogP contribution in [0, 0.1) is 10.7 Å². The van der Waals surface area contributed by atoms with Crippen LogP contribution in [0.15, 0.2) is 0 Å². The van der Waals surface area contributed by atoms with E-state index in [9.17, 15) is 14.4 Å². The molecule has 20 heteroatoms. The summed E-state index contributed by atoms with van der Waals surface area (Å²) in [5, 5.41) is 6.44. The van der Waals surface area contributed by atoms with Crippen LogP contribution in [0.1, 0.15) is 27.6 Å². The van der Waals surface area contributed by atoms with Crippen molar-refractivity contribution in [2.24, 2.45) is 0 Å². The summed E-state index contributed by atoms with van der Waals surface area (Å²) in [5.74, 6) is -0.913. The number of benzene rings is 1. The van der Waals surface area contributed by atoms with E-state index in [1.807, 2.05) is 4.57 Å². The quantitative estimate of drug-likeness (QED) is 0.0923. The molecule has 55 heavy (non-hydrogen) atoms. The SMILES string of the molecule is C[C@H](O[Si](C)(C)C)C(=O)N(c1c(I)c(C(=O)NC(CO[Si](C)(C)C)CO[Si](C)(C)C)c(I)c(C(=O)NC(CO[Si](C)(C)C)CO[Si](C)(C)C)c1I)[Si](C)(C)C. The van der Waals surface area contributed by atoms with E-state index in [2.05, 4.69) is 196 Å². The maximum atomic E-state index is 14.7. The van der Waals surface area contributed by atoms with E-state index in [0.29, 0.717) is 54.0 Å². The van der Waals surface area contributed by atoms with Crippen LogP contribution in [0.2, 0.25) is 118 Å². The van der Waals surface area contributed by atoms with Crippen molar-refractivity contribution in [3.63, 3.8) is 0 Å². The highest BCUT2D eigenvalue weighted by Crippen LogP contribution is 2.40. The fraction of sp³-hybridized carbons (Fsp3) is 0.743. The summed E-state index contributed by atoms with van der Waals surface area (Å²) in [6, 6.07) is -0.862. The van der Waals surface area contributed by atoms with E-state index >= 15 is 0 Å². The first-order valence-corrected chi connectivity index (χ1v) is 42.6. The van der Waals surface area contributed by atoms with Crippen molar-refractivity contribution in [2.75, 3.05) is 31.0 Å². The number of amides is 3. The number of hydrogen-bond acceptors (Lipinski definition) is 8. The standard InChI is InChI=1S/C35H70I3N3O8Si6/c1-24(49-55(17,18)19)35(44)41(50(2,3)4)32-30(37)27(33(42)39-25(20-45-51(5,6)7)21-46-52(8,9)10)29(36)28(31(32)38)34(43)40-26(22-47-53(11,12)13)23-48-54(14,15)16/h24-26H,20-23H2,1-19H3,(H,39,42)(H,40,43)/t24-/m0/s1. The molecule has 0 saturated heterocycles. The summed E-state index contributed by atoms with van der Waals surface area (Å²) in [5.41, 5.74) is 1.21.